The predicted octanol–water partition coefficient (Wildman–Crippen LogP) is 1.76. The minimum absolute atomic E-state index is 0.215. The molecular formula is C14H16N6. The third-order valence-corrected chi connectivity index (χ3v) is 3.93. The van der Waals surface area contributed by atoms with E-state index in [4.69, 9.17) is 10.8 Å². The minimum atomic E-state index is 0.215. The lowest BCUT2D eigenvalue weighted by Gasteiger charge is -2.25. The molecule has 0 bridgehead atoms. The zero-order valence-electron chi connectivity index (χ0n) is 11.2. The second-order valence-electron chi connectivity index (χ2n) is 5.18. The van der Waals surface area contributed by atoms with Gasteiger partial charge in [-0.25, -0.2) is 4.68 Å². The maximum Gasteiger partial charge on any atom is 0.133 e. The fourth-order valence-corrected chi connectivity index (χ4v) is 2.96. The number of aryl methyl sites for hydroxylation is 1. The van der Waals surface area contributed by atoms with Crippen LogP contribution < -0.4 is 11.1 Å². The summed E-state index contributed by atoms with van der Waals surface area (Å²) in [6.45, 7) is 0.922. The van der Waals surface area contributed by atoms with Crippen LogP contribution in [0.5, 0.6) is 0 Å². The lowest BCUT2D eigenvalue weighted by atomic mass is 10.1. The molecule has 0 saturated carbocycles. The van der Waals surface area contributed by atoms with E-state index in [-0.39, 0.29) is 6.04 Å². The molecule has 0 aliphatic carbocycles. The van der Waals surface area contributed by atoms with Gasteiger partial charge < -0.3 is 11.1 Å². The standard InChI is InChI=1S/C14H16N6/c1-19-12(5-7-17-19)13-4-6-16-14-10-8-9(15)2-3-11(10)18-20(13)14/h2-3,5,7-8,13,16H,4,6,15H2,1H3. The van der Waals surface area contributed by atoms with Crippen LogP contribution in [0.2, 0.25) is 0 Å². The van der Waals surface area contributed by atoms with Gasteiger partial charge in [0.15, 0.2) is 0 Å². The molecule has 0 radical (unpaired) electrons. The molecule has 0 spiro atoms. The van der Waals surface area contributed by atoms with Crippen molar-refractivity contribution in [1.29, 1.82) is 0 Å². The van der Waals surface area contributed by atoms with Crippen molar-refractivity contribution in [2.45, 2.75) is 12.5 Å². The van der Waals surface area contributed by atoms with Crippen LogP contribution in [0.4, 0.5) is 11.5 Å². The van der Waals surface area contributed by atoms with Crippen molar-refractivity contribution in [3.05, 3.63) is 36.2 Å². The Morgan fingerprint density at radius 3 is 3.05 bits per heavy atom. The molecule has 6 nitrogen and oxygen atoms in total. The quantitative estimate of drug-likeness (QED) is 0.659. The van der Waals surface area contributed by atoms with Gasteiger partial charge in [-0.15, -0.1) is 0 Å². The molecule has 1 aliphatic heterocycles. The first-order valence-corrected chi connectivity index (χ1v) is 6.73. The largest absolute Gasteiger partial charge is 0.399 e. The van der Waals surface area contributed by atoms with Crippen LogP contribution in [-0.2, 0) is 7.05 Å². The van der Waals surface area contributed by atoms with Crippen molar-refractivity contribution >= 4 is 22.4 Å². The monoisotopic (exact) mass is 268 g/mol. The van der Waals surface area contributed by atoms with Crippen LogP contribution in [-0.4, -0.2) is 26.1 Å². The Bertz CT molecular complexity index is 784. The number of aromatic nitrogens is 4. The van der Waals surface area contributed by atoms with Crippen LogP contribution in [0.15, 0.2) is 30.5 Å². The van der Waals surface area contributed by atoms with Crippen molar-refractivity contribution in [2.75, 3.05) is 17.6 Å². The smallest absolute Gasteiger partial charge is 0.133 e. The molecule has 1 atom stereocenters. The van der Waals surface area contributed by atoms with Crippen LogP contribution in [0.3, 0.4) is 0 Å². The fourth-order valence-electron chi connectivity index (χ4n) is 2.96. The van der Waals surface area contributed by atoms with Gasteiger partial charge in [-0.1, -0.05) is 0 Å². The van der Waals surface area contributed by atoms with E-state index >= 15 is 0 Å². The number of nitrogens with zero attached hydrogens (tertiary/aromatic N) is 4. The molecule has 3 aromatic rings. The van der Waals surface area contributed by atoms with Crippen molar-refractivity contribution in [1.82, 2.24) is 19.6 Å². The summed E-state index contributed by atoms with van der Waals surface area (Å²) in [5.74, 6) is 1.05. The van der Waals surface area contributed by atoms with Crippen molar-refractivity contribution in [3.63, 3.8) is 0 Å². The first kappa shape index (κ1) is 11.3. The highest BCUT2D eigenvalue weighted by atomic mass is 15.4. The number of nitrogens with one attached hydrogen (secondary N) is 1. The number of hydrogen-bond donors (Lipinski definition) is 2. The molecule has 6 heteroatoms. The number of nitrogens with two attached hydrogens (primary N) is 1. The predicted molar refractivity (Wildman–Crippen MR) is 78.6 cm³/mol. The van der Waals surface area contributed by atoms with E-state index in [9.17, 15) is 0 Å². The summed E-state index contributed by atoms with van der Waals surface area (Å²) >= 11 is 0. The summed E-state index contributed by atoms with van der Waals surface area (Å²) in [4.78, 5) is 0. The molecule has 2 aromatic heterocycles. The molecule has 3 heterocycles. The Labute approximate surface area is 116 Å². The minimum Gasteiger partial charge on any atom is -0.399 e. The van der Waals surface area contributed by atoms with Crippen LogP contribution in [0, 0.1) is 0 Å². The first-order valence-electron chi connectivity index (χ1n) is 6.73. The Balaban J connectivity index is 1.93. The lowest BCUT2D eigenvalue weighted by molar-refractivity contribution is 0.455. The lowest BCUT2D eigenvalue weighted by Crippen LogP contribution is -2.25. The average Bonchev–Trinajstić information content (AvgIpc) is 3.02. The Morgan fingerprint density at radius 1 is 1.35 bits per heavy atom. The number of fused-ring (bicyclic) bond motifs is 3. The normalized spacial score (nSPS) is 17.9. The van der Waals surface area contributed by atoms with Crippen molar-refractivity contribution in [2.24, 2.45) is 7.05 Å². The molecule has 20 heavy (non-hydrogen) atoms. The summed E-state index contributed by atoms with van der Waals surface area (Å²) in [5, 5.41) is 13.5. The number of hydrogen-bond acceptors (Lipinski definition) is 4. The van der Waals surface area contributed by atoms with E-state index in [0.717, 1.165) is 35.4 Å². The summed E-state index contributed by atoms with van der Waals surface area (Å²) in [7, 11) is 1.97. The Morgan fingerprint density at radius 2 is 2.25 bits per heavy atom. The number of rotatable bonds is 1. The van der Waals surface area contributed by atoms with Gasteiger partial charge in [0, 0.05) is 30.9 Å². The summed E-state index contributed by atoms with van der Waals surface area (Å²) in [6.07, 6.45) is 2.83. The second-order valence-corrected chi connectivity index (χ2v) is 5.18. The summed E-state index contributed by atoms with van der Waals surface area (Å²) < 4.78 is 3.98. The van der Waals surface area contributed by atoms with Gasteiger partial charge in [-0.05, 0) is 30.7 Å². The summed E-state index contributed by atoms with van der Waals surface area (Å²) in [5.41, 5.74) is 8.80. The Hall–Kier alpha value is -2.50. The SMILES string of the molecule is Cn1nccc1C1CCNc2c3cc(N)ccc3nn21. The highest BCUT2D eigenvalue weighted by Crippen LogP contribution is 2.34. The van der Waals surface area contributed by atoms with Gasteiger partial charge in [-0.2, -0.15) is 10.2 Å². The topological polar surface area (TPSA) is 73.7 Å². The van der Waals surface area contributed by atoms with Crippen molar-refractivity contribution in [3.8, 4) is 0 Å². The van der Waals surface area contributed by atoms with Gasteiger partial charge in [-0.3, -0.25) is 4.68 Å². The zero-order chi connectivity index (χ0) is 13.7. The van der Waals surface area contributed by atoms with E-state index in [1.165, 1.54) is 5.69 Å². The average molecular weight is 268 g/mol. The molecule has 1 aromatic carbocycles. The fraction of sp³-hybridized carbons (Fsp3) is 0.286. The maximum absolute atomic E-state index is 5.89. The van der Waals surface area contributed by atoms with Gasteiger partial charge in [0.2, 0.25) is 0 Å². The Kier molecular flexibility index (Phi) is 2.26. The number of benzene rings is 1. The van der Waals surface area contributed by atoms with Gasteiger partial charge >= 0.3 is 0 Å². The van der Waals surface area contributed by atoms with Crippen LogP contribution >= 0.6 is 0 Å². The molecule has 0 saturated heterocycles. The van der Waals surface area contributed by atoms with Crippen LogP contribution in [0.1, 0.15) is 18.2 Å². The van der Waals surface area contributed by atoms with Gasteiger partial charge in [0.25, 0.3) is 0 Å². The highest BCUT2D eigenvalue weighted by Gasteiger charge is 2.26. The molecule has 0 fully saturated rings. The van der Waals surface area contributed by atoms with E-state index in [1.807, 2.05) is 36.1 Å². The highest BCUT2D eigenvalue weighted by molar-refractivity contribution is 5.92. The maximum atomic E-state index is 5.89. The third kappa shape index (κ3) is 1.51. The third-order valence-electron chi connectivity index (χ3n) is 3.93. The second kappa shape index (κ2) is 4.00. The zero-order valence-corrected chi connectivity index (χ0v) is 11.2. The van der Waals surface area contributed by atoms with Gasteiger partial charge in [0.1, 0.15) is 5.82 Å². The molecular weight excluding hydrogens is 252 g/mol. The first-order chi connectivity index (χ1) is 9.74. The number of nitrogen functional groups attached to an aromatic ring is 1. The molecule has 0 amide bonds. The van der Waals surface area contributed by atoms with E-state index in [0.29, 0.717) is 0 Å². The molecule has 1 unspecified atom stereocenters. The molecule has 3 N–H and O–H groups in total. The van der Waals surface area contributed by atoms with Crippen LogP contribution in [0.25, 0.3) is 10.9 Å². The van der Waals surface area contributed by atoms with E-state index in [2.05, 4.69) is 21.2 Å². The van der Waals surface area contributed by atoms with E-state index in [1.54, 1.807) is 0 Å². The molecule has 1 aliphatic rings. The number of anilines is 2. The molecule has 4 rings (SSSR count). The molecule has 102 valence electrons. The summed E-state index contributed by atoms with van der Waals surface area (Å²) in [6, 6.07) is 8.11. The van der Waals surface area contributed by atoms with E-state index < -0.39 is 0 Å². The van der Waals surface area contributed by atoms with Gasteiger partial charge in [0.05, 0.1) is 17.3 Å². The van der Waals surface area contributed by atoms with Crippen molar-refractivity contribution < 1.29 is 0 Å².